The summed E-state index contributed by atoms with van der Waals surface area (Å²) in [4.78, 5) is 16.4. The highest BCUT2D eigenvalue weighted by Gasteiger charge is 2.14. The largest absolute Gasteiger partial charge is 0.454 e. The number of nitrogens with zero attached hydrogens (tertiary/aromatic N) is 5. The lowest BCUT2D eigenvalue weighted by Gasteiger charge is -2.03. The van der Waals surface area contributed by atoms with E-state index in [1.807, 2.05) is 36.5 Å². The van der Waals surface area contributed by atoms with Gasteiger partial charge in [-0.3, -0.25) is 14.8 Å². The number of benzene rings is 1. The Morgan fingerprint density at radius 1 is 1.11 bits per heavy atom. The van der Waals surface area contributed by atoms with E-state index in [0.29, 0.717) is 23.9 Å². The van der Waals surface area contributed by atoms with Gasteiger partial charge in [-0.25, -0.2) is 9.67 Å². The molecule has 9 heteroatoms. The third-order valence-electron chi connectivity index (χ3n) is 3.81. The van der Waals surface area contributed by atoms with Crippen LogP contribution in [-0.4, -0.2) is 30.5 Å². The fourth-order valence-electron chi connectivity index (χ4n) is 2.53. The maximum atomic E-state index is 12.3. The summed E-state index contributed by atoms with van der Waals surface area (Å²) in [7, 11) is 0. The van der Waals surface area contributed by atoms with Gasteiger partial charge in [-0.15, -0.1) is 5.10 Å². The van der Waals surface area contributed by atoms with Crippen LogP contribution in [0.15, 0.2) is 65.6 Å². The number of hydrogen-bond acceptors (Lipinski definition) is 5. The van der Waals surface area contributed by atoms with E-state index in [0.717, 1.165) is 5.56 Å². The lowest BCUT2D eigenvalue weighted by atomic mass is 10.2. The van der Waals surface area contributed by atoms with Gasteiger partial charge in [-0.2, -0.15) is 5.10 Å². The number of furan rings is 1. The zero-order valence-corrected chi connectivity index (χ0v) is 14.9. The average Bonchev–Trinajstić information content (AvgIpc) is 3.40. The van der Waals surface area contributed by atoms with Gasteiger partial charge in [0.05, 0.1) is 13.1 Å². The maximum Gasteiger partial charge on any atom is 0.293 e. The van der Waals surface area contributed by atoms with Gasteiger partial charge < -0.3 is 4.42 Å². The summed E-state index contributed by atoms with van der Waals surface area (Å²) in [5.74, 6) is 0.579. The topological polar surface area (TPSA) is 90.8 Å². The molecule has 3 heterocycles. The van der Waals surface area contributed by atoms with E-state index in [-0.39, 0.29) is 11.7 Å². The first-order valence-corrected chi connectivity index (χ1v) is 8.55. The van der Waals surface area contributed by atoms with Crippen molar-refractivity contribution in [3.63, 3.8) is 0 Å². The second-order valence-electron chi connectivity index (χ2n) is 5.78. The number of rotatable bonds is 6. The fourth-order valence-corrected chi connectivity index (χ4v) is 2.73. The zero-order chi connectivity index (χ0) is 18.6. The van der Waals surface area contributed by atoms with E-state index in [1.54, 1.807) is 27.7 Å². The molecule has 0 aliphatic rings. The number of nitrogens with one attached hydrogen (secondary N) is 1. The molecule has 0 saturated heterocycles. The second-order valence-corrected chi connectivity index (χ2v) is 6.19. The molecule has 0 spiro atoms. The zero-order valence-electron chi connectivity index (χ0n) is 14.1. The Bertz CT molecular complexity index is 1050. The van der Waals surface area contributed by atoms with E-state index < -0.39 is 5.91 Å². The van der Waals surface area contributed by atoms with Gasteiger partial charge >= 0.3 is 0 Å². The second kappa shape index (κ2) is 7.46. The predicted molar refractivity (Wildman–Crippen MR) is 98.6 cm³/mol. The predicted octanol–water partition coefficient (Wildman–Crippen LogP) is 3.07. The summed E-state index contributed by atoms with van der Waals surface area (Å²) in [5, 5.41) is 11.6. The minimum atomic E-state index is -0.419. The molecule has 4 rings (SSSR count). The van der Waals surface area contributed by atoms with Crippen LogP contribution in [0.3, 0.4) is 0 Å². The first kappa shape index (κ1) is 17.0. The highest BCUT2D eigenvalue weighted by atomic mass is 35.5. The van der Waals surface area contributed by atoms with Crippen LogP contribution in [0.2, 0.25) is 5.02 Å². The van der Waals surface area contributed by atoms with Crippen molar-refractivity contribution in [2.75, 3.05) is 5.32 Å². The van der Waals surface area contributed by atoms with E-state index in [1.165, 1.54) is 6.33 Å². The van der Waals surface area contributed by atoms with Crippen molar-refractivity contribution in [3.8, 4) is 0 Å². The van der Waals surface area contributed by atoms with Crippen molar-refractivity contribution in [2.45, 2.75) is 13.1 Å². The third kappa shape index (κ3) is 4.06. The molecule has 3 aromatic heterocycles. The van der Waals surface area contributed by atoms with E-state index >= 15 is 0 Å². The molecule has 8 nitrogen and oxygen atoms in total. The Labute approximate surface area is 159 Å². The monoisotopic (exact) mass is 382 g/mol. The number of amides is 1. The Kier molecular flexibility index (Phi) is 4.71. The van der Waals surface area contributed by atoms with Crippen molar-refractivity contribution in [1.29, 1.82) is 0 Å². The van der Waals surface area contributed by atoms with Gasteiger partial charge in [0.2, 0.25) is 5.95 Å². The van der Waals surface area contributed by atoms with Gasteiger partial charge in [-0.1, -0.05) is 29.8 Å². The summed E-state index contributed by atoms with van der Waals surface area (Å²) in [6.07, 6.45) is 5.03. The van der Waals surface area contributed by atoms with Crippen molar-refractivity contribution in [2.24, 2.45) is 0 Å². The van der Waals surface area contributed by atoms with Crippen LogP contribution < -0.4 is 5.32 Å². The lowest BCUT2D eigenvalue weighted by molar-refractivity contribution is 0.0993. The molecule has 4 aromatic rings. The highest BCUT2D eigenvalue weighted by molar-refractivity contribution is 6.31. The molecule has 0 atom stereocenters. The summed E-state index contributed by atoms with van der Waals surface area (Å²) < 4.78 is 8.86. The highest BCUT2D eigenvalue weighted by Crippen LogP contribution is 2.16. The molecule has 136 valence electrons. The number of carbonyl (C=O) groups is 1. The SMILES string of the molecule is O=C(Nc1ncn(Cc2ccccc2Cl)n1)c1ccc(Cn2cccn2)o1. The third-order valence-corrected chi connectivity index (χ3v) is 4.18. The Morgan fingerprint density at radius 3 is 2.81 bits per heavy atom. The molecule has 1 amide bonds. The van der Waals surface area contributed by atoms with E-state index in [4.69, 9.17) is 16.0 Å². The minimum Gasteiger partial charge on any atom is -0.454 e. The van der Waals surface area contributed by atoms with Crippen LogP contribution in [0.1, 0.15) is 21.9 Å². The number of hydrogen-bond donors (Lipinski definition) is 1. The van der Waals surface area contributed by atoms with E-state index in [2.05, 4.69) is 20.5 Å². The Hall–Kier alpha value is -3.39. The van der Waals surface area contributed by atoms with Crippen LogP contribution in [0, 0.1) is 0 Å². The molecule has 0 aliphatic heterocycles. The first-order chi connectivity index (χ1) is 13.2. The Morgan fingerprint density at radius 2 is 2.00 bits per heavy atom. The molecule has 0 fully saturated rings. The summed E-state index contributed by atoms with van der Waals surface area (Å²) >= 11 is 6.15. The molecule has 27 heavy (non-hydrogen) atoms. The molecule has 0 saturated carbocycles. The lowest BCUT2D eigenvalue weighted by Crippen LogP contribution is -2.12. The van der Waals surface area contributed by atoms with Gasteiger partial charge in [0.1, 0.15) is 12.1 Å². The molecule has 0 bridgehead atoms. The summed E-state index contributed by atoms with van der Waals surface area (Å²) in [6, 6.07) is 12.7. The summed E-state index contributed by atoms with van der Waals surface area (Å²) in [6.45, 7) is 0.905. The number of anilines is 1. The van der Waals surface area contributed by atoms with Crippen LogP contribution in [0.25, 0.3) is 0 Å². The van der Waals surface area contributed by atoms with Crippen molar-refractivity contribution < 1.29 is 9.21 Å². The fraction of sp³-hybridized carbons (Fsp3) is 0.111. The van der Waals surface area contributed by atoms with Crippen molar-refractivity contribution in [1.82, 2.24) is 24.5 Å². The van der Waals surface area contributed by atoms with E-state index in [9.17, 15) is 4.79 Å². The molecule has 1 aromatic carbocycles. The van der Waals surface area contributed by atoms with Gasteiger partial charge in [0.25, 0.3) is 5.91 Å². The molecule has 1 N–H and O–H groups in total. The molecule has 0 radical (unpaired) electrons. The quantitative estimate of drug-likeness (QED) is 0.553. The van der Waals surface area contributed by atoms with Crippen LogP contribution in [0.4, 0.5) is 5.95 Å². The molecule has 0 aliphatic carbocycles. The van der Waals surface area contributed by atoms with Crippen LogP contribution in [-0.2, 0) is 13.1 Å². The molecule has 0 unspecified atom stereocenters. The van der Waals surface area contributed by atoms with Crippen LogP contribution >= 0.6 is 11.6 Å². The molecular weight excluding hydrogens is 368 g/mol. The Balaban J connectivity index is 1.39. The first-order valence-electron chi connectivity index (χ1n) is 8.18. The number of carbonyl (C=O) groups excluding carboxylic acids is 1. The number of aromatic nitrogens is 5. The van der Waals surface area contributed by atoms with Gasteiger partial charge in [-0.05, 0) is 29.8 Å². The van der Waals surface area contributed by atoms with Crippen molar-refractivity contribution in [3.05, 3.63) is 83.3 Å². The standard InChI is InChI=1S/C18H15ClN6O2/c19-15-5-2-1-4-13(15)10-25-12-20-18(23-25)22-17(26)16-7-6-14(27-16)11-24-9-3-8-21-24/h1-9,12H,10-11H2,(H,22,23,26). The molecular formula is C18H15ClN6O2. The van der Waals surface area contributed by atoms with Gasteiger partial charge in [0, 0.05) is 17.4 Å². The maximum absolute atomic E-state index is 12.3. The minimum absolute atomic E-state index is 0.180. The van der Waals surface area contributed by atoms with Gasteiger partial charge in [0.15, 0.2) is 5.76 Å². The summed E-state index contributed by atoms with van der Waals surface area (Å²) in [5.41, 5.74) is 0.913. The number of halogens is 1. The smallest absolute Gasteiger partial charge is 0.293 e. The average molecular weight is 383 g/mol. The normalized spacial score (nSPS) is 10.9. The van der Waals surface area contributed by atoms with Crippen LogP contribution in [0.5, 0.6) is 0 Å². The van der Waals surface area contributed by atoms with Crippen molar-refractivity contribution >= 4 is 23.5 Å².